The highest BCUT2D eigenvalue weighted by Gasteiger charge is 2.59. The number of hydrogen-bond acceptors (Lipinski definition) is 4. The standard InChI is InChI=1S/C30H42N4O2S/c1-21-32-26-18-33(14-15-35)20-30(28(26)37-21)19-31-17-25(30)29(36)34-13-12-24(22-8-4-2-5-9-22)16-27(34)23-10-6-3-7-11-23/h2,4-5,8-9,23-25,27,31,35H,3,6-7,10-20H2,1H3/p+2/t24-,25?,27+,30+/m1/s1. The maximum atomic E-state index is 14.7. The molecule has 1 aromatic carbocycles. The molecule has 3 aliphatic heterocycles. The van der Waals surface area contributed by atoms with Crippen molar-refractivity contribution in [3.63, 3.8) is 0 Å². The van der Waals surface area contributed by atoms with Gasteiger partial charge in [0.1, 0.15) is 30.1 Å². The molecule has 2 saturated heterocycles. The fourth-order valence-corrected chi connectivity index (χ4v) is 9.45. The number of thiazole rings is 1. The minimum atomic E-state index is -0.158. The molecule has 5 atom stereocenters. The van der Waals surface area contributed by atoms with Crippen molar-refractivity contribution < 1.29 is 20.1 Å². The van der Waals surface area contributed by atoms with E-state index in [1.54, 1.807) is 0 Å². The molecule has 3 fully saturated rings. The molecule has 6 rings (SSSR count). The van der Waals surface area contributed by atoms with E-state index >= 15 is 0 Å². The fourth-order valence-electron chi connectivity index (χ4n) is 8.26. The normalized spacial score (nSPS) is 32.5. The Labute approximate surface area is 225 Å². The Balaban J connectivity index is 1.31. The monoisotopic (exact) mass is 524 g/mol. The SMILES string of the molecule is Cc1nc2c(s1)[C@@]1(C[NH2+]CC1C(=O)N1CC[C@@H](c3ccccc3)C[C@H]1C1CCCCC1)C[NH+](CCO)C2. The first-order valence-electron chi connectivity index (χ1n) is 14.7. The van der Waals surface area contributed by atoms with Crippen LogP contribution in [0, 0.1) is 18.8 Å². The maximum Gasteiger partial charge on any atom is 0.233 e. The molecule has 1 spiro atoms. The van der Waals surface area contributed by atoms with E-state index in [9.17, 15) is 9.90 Å². The van der Waals surface area contributed by atoms with E-state index in [0.29, 0.717) is 23.8 Å². The van der Waals surface area contributed by atoms with Gasteiger partial charge in [-0.3, -0.25) is 4.79 Å². The molecule has 1 aliphatic carbocycles. The van der Waals surface area contributed by atoms with Crippen molar-refractivity contribution in [3.05, 3.63) is 51.5 Å². The van der Waals surface area contributed by atoms with Crippen molar-refractivity contribution in [1.82, 2.24) is 9.88 Å². The largest absolute Gasteiger partial charge is 0.391 e. The van der Waals surface area contributed by atoms with Gasteiger partial charge < -0.3 is 20.2 Å². The number of aliphatic hydroxyl groups excluding tert-OH is 1. The Hall–Kier alpha value is -1.80. The maximum absolute atomic E-state index is 14.7. The summed E-state index contributed by atoms with van der Waals surface area (Å²) in [6.45, 7) is 7.53. The Morgan fingerprint density at radius 1 is 1.22 bits per heavy atom. The Morgan fingerprint density at radius 3 is 2.81 bits per heavy atom. The molecule has 2 unspecified atom stereocenters. The molecule has 1 saturated carbocycles. The van der Waals surface area contributed by atoms with Crippen molar-refractivity contribution in [2.75, 3.05) is 39.3 Å². The highest BCUT2D eigenvalue weighted by Crippen LogP contribution is 2.44. The summed E-state index contributed by atoms with van der Waals surface area (Å²) in [5, 5.41) is 13.3. The average molecular weight is 525 g/mol. The highest BCUT2D eigenvalue weighted by atomic mass is 32.1. The summed E-state index contributed by atoms with van der Waals surface area (Å²) >= 11 is 1.82. The zero-order valence-electron chi connectivity index (χ0n) is 22.3. The predicted molar refractivity (Wildman–Crippen MR) is 146 cm³/mol. The summed E-state index contributed by atoms with van der Waals surface area (Å²) in [5.41, 5.74) is 2.47. The van der Waals surface area contributed by atoms with Crippen LogP contribution in [0.25, 0.3) is 0 Å². The van der Waals surface area contributed by atoms with Crippen LogP contribution in [-0.2, 0) is 16.8 Å². The second kappa shape index (κ2) is 10.8. The number of carbonyl (C=O) groups is 1. The van der Waals surface area contributed by atoms with Crippen LogP contribution in [0.3, 0.4) is 0 Å². The Bertz CT molecular complexity index is 1080. The topological polar surface area (TPSA) is 74.5 Å². The van der Waals surface area contributed by atoms with Crippen LogP contribution in [0.5, 0.6) is 0 Å². The van der Waals surface area contributed by atoms with Gasteiger partial charge in [-0.15, -0.1) is 11.3 Å². The summed E-state index contributed by atoms with van der Waals surface area (Å²) < 4.78 is 0. The summed E-state index contributed by atoms with van der Waals surface area (Å²) in [5.74, 6) is 1.59. The molecule has 4 heterocycles. The number of amides is 1. The smallest absolute Gasteiger partial charge is 0.233 e. The van der Waals surface area contributed by atoms with Crippen molar-refractivity contribution >= 4 is 17.2 Å². The zero-order valence-corrected chi connectivity index (χ0v) is 23.1. The zero-order chi connectivity index (χ0) is 25.4. The number of benzene rings is 1. The van der Waals surface area contributed by atoms with Crippen LogP contribution < -0.4 is 10.2 Å². The lowest BCUT2D eigenvalue weighted by Crippen LogP contribution is -3.14. The molecule has 7 heteroatoms. The third kappa shape index (κ3) is 4.77. The van der Waals surface area contributed by atoms with E-state index in [4.69, 9.17) is 4.98 Å². The number of aliphatic hydroxyl groups is 1. The summed E-state index contributed by atoms with van der Waals surface area (Å²) in [6, 6.07) is 11.4. The third-order valence-electron chi connectivity index (χ3n) is 9.97. The van der Waals surface area contributed by atoms with Gasteiger partial charge in [-0.05, 0) is 50.0 Å². The molecular formula is C30H44N4O2S+2. The van der Waals surface area contributed by atoms with Crippen LogP contribution in [-0.4, -0.2) is 66.3 Å². The number of rotatable bonds is 5. The molecule has 0 radical (unpaired) electrons. The van der Waals surface area contributed by atoms with Gasteiger partial charge >= 0.3 is 0 Å². The van der Waals surface area contributed by atoms with E-state index in [0.717, 1.165) is 57.1 Å². The number of nitrogens with zero attached hydrogens (tertiary/aromatic N) is 2. The van der Waals surface area contributed by atoms with Crippen molar-refractivity contribution in [2.24, 2.45) is 11.8 Å². The Kier molecular flexibility index (Phi) is 7.41. The van der Waals surface area contributed by atoms with Crippen LogP contribution >= 0.6 is 11.3 Å². The lowest BCUT2D eigenvalue weighted by Gasteiger charge is -2.47. The Morgan fingerprint density at radius 2 is 2.03 bits per heavy atom. The lowest BCUT2D eigenvalue weighted by molar-refractivity contribution is -0.922. The number of carbonyl (C=O) groups excluding carboxylic acids is 1. The highest BCUT2D eigenvalue weighted by molar-refractivity contribution is 7.11. The molecule has 0 bridgehead atoms. The number of piperidine rings is 1. The first-order chi connectivity index (χ1) is 18.1. The van der Waals surface area contributed by atoms with Gasteiger partial charge in [0.25, 0.3) is 0 Å². The molecular weight excluding hydrogens is 480 g/mol. The van der Waals surface area contributed by atoms with Crippen LogP contribution in [0.1, 0.15) is 72.0 Å². The van der Waals surface area contributed by atoms with E-state index in [-0.39, 0.29) is 17.9 Å². The van der Waals surface area contributed by atoms with E-state index in [1.807, 2.05) is 11.3 Å². The number of hydrogen-bond donors (Lipinski definition) is 3. The molecule has 1 amide bonds. The number of aromatic nitrogens is 1. The minimum Gasteiger partial charge on any atom is -0.391 e. The number of quaternary nitrogens is 2. The molecule has 37 heavy (non-hydrogen) atoms. The number of fused-ring (bicyclic) bond motifs is 2. The van der Waals surface area contributed by atoms with E-state index in [1.165, 1.54) is 53.1 Å². The lowest BCUT2D eigenvalue weighted by atomic mass is 9.71. The average Bonchev–Trinajstić information content (AvgIpc) is 3.52. The third-order valence-corrected chi connectivity index (χ3v) is 11.2. The summed E-state index contributed by atoms with van der Waals surface area (Å²) in [4.78, 5) is 24.7. The van der Waals surface area contributed by atoms with Crippen LogP contribution in [0.15, 0.2) is 30.3 Å². The summed E-state index contributed by atoms with van der Waals surface area (Å²) in [6.07, 6.45) is 8.67. The van der Waals surface area contributed by atoms with E-state index in [2.05, 4.69) is 47.5 Å². The number of likely N-dealkylation sites (tertiary alicyclic amines) is 1. The molecule has 2 aromatic rings. The van der Waals surface area contributed by atoms with Gasteiger partial charge in [-0.1, -0.05) is 49.6 Å². The molecule has 200 valence electrons. The van der Waals surface area contributed by atoms with E-state index < -0.39 is 0 Å². The number of aryl methyl sites for hydroxylation is 1. The second-order valence-corrected chi connectivity index (χ2v) is 13.4. The van der Waals surface area contributed by atoms with Crippen molar-refractivity contribution in [1.29, 1.82) is 0 Å². The predicted octanol–water partition coefficient (Wildman–Crippen LogP) is 1.63. The van der Waals surface area contributed by atoms with Crippen molar-refractivity contribution in [3.8, 4) is 0 Å². The van der Waals surface area contributed by atoms with Gasteiger partial charge in [0.15, 0.2) is 0 Å². The first kappa shape index (κ1) is 25.5. The summed E-state index contributed by atoms with van der Waals surface area (Å²) in [7, 11) is 0. The minimum absolute atomic E-state index is 0.000501. The quantitative estimate of drug-likeness (QED) is 0.557. The van der Waals surface area contributed by atoms with Crippen molar-refractivity contribution in [2.45, 2.75) is 75.8 Å². The molecule has 1 aromatic heterocycles. The fraction of sp³-hybridized carbons (Fsp3) is 0.667. The second-order valence-electron chi connectivity index (χ2n) is 12.2. The molecule has 4 aliphatic rings. The van der Waals surface area contributed by atoms with Gasteiger partial charge in [0, 0.05) is 12.6 Å². The first-order valence-corrected chi connectivity index (χ1v) is 15.5. The van der Waals surface area contributed by atoms with Gasteiger partial charge in [-0.25, -0.2) is 4.98 Å². The molecule has 6 nitrogen and oxygen atoms in total. The van der Waals surface area contributed by atoms with Gasteiger partial charge in [-0.2, -0.15) is 0 Å². The molecule has 4 N–H and O–H groups in total. The van der Waals surface area contributed by atoms with Gasteiger partial charge in [0.05, 0.1) is 36.1 Å². The van der Waals surface area contributed by atoms with Crippen LogP contribution in [0.4, 0.5) is 0 Å². The number of nitrogens with one attached hydrogen (secondary N) is 1. The van der Waals surface area contributed by atoms with Gasteiger partial charge in [0.2, 0.25) is 5.91 Å². The van der Waals surface area contributed by atoms with Crippen LogP contribution in [0.2, 0.25) is 0 Å². The number of nitrogens with two attached hydrogens (primary N) is 1.